The van der Waals surface area contributed by atoms with Crippen LogP contribution in [0.1, 0.15) is 12.8 Å². The van der Waals surface area contributed by atoms with E-state index in [1.165, 1.54) is 0 Å². The smallest absolute Gasteiger partial charge is 0.550 e. The summed E-state index contributed by atoms with van der Waals surface area (Å²) in [6.45, 7) is -0.151. The molecule has 3 nitrogen and oxygen atoms in total. The van der Waals surface area contributed by atoms with Crippen molar-refractivity contribution in [3.63, 3.8) is 0 Å². The number of carbonyl (C=O) groups is 1. The molecule has 0 aromatic carbocycles. The Hall–Kier alpha value is -0.0900. The van der Waals surface area contributed by atoms with Crippen LogP contribution in [0.3, 0.4) is 0 Å². The minimum absolute atomic E-state index is 0. The number of carbonyl (C=O) groups excluding carboxylic acids is 1. The Morgan fingerprint density at radius 3 is 2.62 bits per heavy atom. The van der Waals surface area contributed by atoms with Gasteiger partial charge in [-0.1, -0.05) is 24.3 Å². The van der Waals surface area contributed by atoms with Gasteiger partial charge in [0.25, 0.3) is 0 Å². The van der Waals surface area contributed by atoms with Crippen LogP contribution in [0.4, 0.5) is 0 Å². The van der Waals surface area contributed by atoms with E-state index in [1.54, 1.807) is 12.2 Å². The summed E-state index contributed by atoms with van der Waals surface area (Å²) in [6, 6.07) is 0. The van der Waals surface area contributed by atoms with Crippen LogP contribution in [0.2, 0.25) is 0 Å². The fourth-order valence-corrected chi connectivity index (χ4v) is 1.30. The topological polar surface area (TPSA) is 60.4 Å². The number of allylic oxidation sites excluding steroid dienone is 3. The maximum atomic E-state index is 10.4. The van der Waals surface area contributed by atoms with Crippen molar-refractivity contribution >= 4 is 5.97 Å². The van der Waals surface area contributed by atoms with E-state index >= 15 is 0 Å². The van der Waals surface area contributed by atoms with E-state index in [4.69, 9.17) is 5.11 Å². The monoisotopic (exact) mass is 190 g/mol. The average Bonchev–Trinajstić information content (AvgIpc) is 2.05. The molecule has 0 spiro atoms. The standard InChI is InChI=1S/C9H12O3.Na/c10-7-9(6-8(11)12)4-2-1-3-5-9;/h1-4,10H,5-7H2,(H,11,12);/q;+1/p-1. The van der Waals surface area contributed by atoms with Crippen LogP contribution in [0.25, 0.3) is 0 Å². The van der Waals surface area contributed by atoms with Crippen LogP contribution >= 0.6 is 0 Å². The molecule has 0 aromatic rings. The van der Waals surface area contributed by atoms with Gasteiger partial charge in [0.1, 0.15) is 0 Å². The van der Waals surface area contributed by atoms with Crippen molar-refractivity contribution in [2.75, 3.05) is 6.61 Å². The molecule has 1 aliphatic carbocycles. The van der Waals surface area contributed by atoms with Gasteiger partial charge in [0, 0.05) is 11.4 Å². The van der Waals surface area contributed by atoms with Crippen LogP contribution in [0.5, 0.6) is 0 Å². The van der Waals surface area contributed by atoms with Crippen LogP contribution in [0, 0.1) is 5.41 Å². The van der Waals surface area contributed by atoms with Gasteiger partial charge in [0.15, 0.2) is 0 Å². The molecule has 0 radical (unpaired) electrons. The van der Waals surface area contributed by atoms with Crippen LogP contribution in [0.15, 0.2) is 24.3 Å². The Morgan fingerprint density at radius 1 is 1.54 bits per heavy atom. The zero-order valence-corrected chi connectivity index (χ0v) is 9.69. The molecule has 0 bridgehead atoms. The molecule has 0 saturated heterocycles. The molecule has 1 atom stereocenters. The molecule has 0 heterocycles. The number of aliphatic carboxylic acids is 1. The number of aliphatic hydroxyl groups excluding tert-OH is 1. The van der Waals surface area contributed by atoms with E-state index in [0.29, 0.717) is 6.42 Å². The maximum absolute atomic E-state index is 10.4. The van der Waals surface area contributed by atoms with Gasteiger partial charge in [-0.25, -0.2) is 0 Å². The van der Waals surface area contributed by atoms with E-state index in [-0.39, 0.29) is 42.6 Å². The Morgan fingerprint density at radius 2 is 2.23 bits per heavy atom. The summed E-state index contributed by atoms with van der Waals surface area (Å²) < 4.78 is 0. The van der Waals surface area contributed by atoms with E-state index < -0.39 is 11.4 Å². The summed E-state index contributed by atoms with van der Waals surface area (Å²) in [7, 11) is 0. The normalized spacial score (nSPS) is 25.3. The molecular formula is C9H11NaO3. The molecule has 0 amide bonds. The zero-order chi connectivity index (χ0) is 9.03. The molecule has 13 heavy (non-hydrogen) atoms. The maximum Gasteiger partial charge on any atom is 1.00 e. The second-order valence-corrected chi connectivity index (χ2v) is 3.06. The molecule has 0 fully saturated rings. The summed E-state index contributed by atoms with van der Waals surface area (Å²) in [5, 5.41) is 19.4. The molecule has 1 rings (SSSR count). The third-order valence-electron chi connectivity index (χ3n) is 2.03. The first-order chi connectivity index (χ1) is 5.68. The summed E-state index contributed by atoms with van der Waals surface area (Å²) in [6.07, 6.45) is 7.60. The molecule has 1 N–H and O–H groups in total. The van der Waals surface area contributed by atoms with Crippen molar-refractivity contribution in [3.05, 3.63) is 24.3 Å². The van der Waals surface area contributed by atoms with E-state index in [9.17, 15) is 9.90 Å². The Kier molecular flexibility index (Phi) is 5.56. The van der Waals surface area contributed by atoms with Gasteiger partial charge in [-0.2, -0.15) is 0 Å². The number of hydrogen-bond donors (Lipinski definition) is 1. The summed E-state index contributed by atoms with van der Waals surface area (Å²) in [5.41, 5.74) is -0.631. The van der Waals surface area contributed by atoms with Crippen molar-refractivity contribution < 1.29 is 44.6 Å². The quantitative estimate of drug-likeness (QED) is 0.472. The summed E-state index contributed by atoms with van der Waals surface area (Å²) in [4.78, 5) is 10.4. The SMILES string of the molecule is O=C([O-])CC1(CO)C=CC=CC1.[Na+]. The summed E-state index contributed by atoms with van der Waals surface area (Å²) >= 11 is 0. The zero-order valence-electron chi connectivity index (χ0n) is 7.69. The molecule has 1 unspecified atom stereocenters. The Labute approximate surface area is 99.4 Å². The van der Waals surface area contributed by atoms with Gasteiger partial charge in [-0.15, -0.1) is 0 Å². The first-order valence-corrected chi connectivity index (χ1v) is 3.84. The largest absolute Gasteiger partial charge is 1.00 e. The van der Waals surface area contributed by atoms with Gasteiger partial charge < -0.3 is 15.0 Å². The van der Waals surface area contributed by atoms with Crippen LogP contribution in [-0.2, 0) is 4.79 Å². The van der Waals surface area contributed by atoms with Gasteiger partial charge in [0.05, 0.1) is 6.61 Å². The minimum Gasteiger partial charge on any atom is -0.550 e. The summed E-state index contributed by atoms with van der Waals surface area (Å²) in [5.74, 6) is -1.12. The first kappa shape index (κ1) is 12.9. The number of carboxylic acids is 1. The molecule has 0 aromatic heterocycles. The van der Waals surface area contributed by atoms with Crippen molar-refractivity contribution in [1.29, 1.82) is 0 Å². The van der Waals surface area contributed by atoms with Crippen molar-refractivity contribution in [3.8, 4) is 0 Å². The molecule has 1 aliphatic rings. The fourth-order valence-electron chi connectivity index (χ4n) is 1.30. The first-order valence-electron chi connectivity index (χ1n) is 3.84. The van der Waals surface area contributed by atoms with Gasteiger partial charge in [-0.05, 0) is 12.8 Å². The molecule has 66 valence electrons. The second-order valence-electron chi connectivity index (χ2n) is 3.06. The molecular weight excluding hydrogens is 179 g/mol. The van der Waals surface area contributed by atoms with Crippen molar-refractivity contribution in [2.24, 2.45) is 5.41 Å². The third kappa shape index (κ3) is 3.65. The average molecular weight is 190 g/mol. The van der Waals surface area contributed by atoms with E-state index in [1.807, 2.05) is 12.2 Å². The predicted octanol–water partition coefficient (Wildman–Crippen LogP) is -3.37. The number of hydrogen-bond acceptors (Lipinski definition) is 3. The number of carboxylic acid groups (broad SMARTS) is 1. The second kappa shape index (κ2) is 5.60. The van der Waals surface area contributed by atoms with Gasteiger partial charge in [0.2, 0.25) is 0 Å². The van der Waals surface area contributed by atoms with E-state index in [0.717, 1.165) is 0 Å². The molecule has 4 heteroatoms. The minimum atomic E-state index is -1.12. The van der Waals surface area contributed by atoms with Gasteiger partial charge >= 0.3 is 29.6 Å². The molecule has 0 aliphatic heterocycles. The Bertz CT molecular complexity index is 235. The number of aliphatic hydroxyl groups is 1. The number of rotatable bonds is 3. The van der Waals surface area contributed by atoms with Gasteiger partial charge in [-0.3, -0.25) is 0 Å². The van der Waals surface area contributed by atoms with Crippen molar-refractivity contribution in [1.82, 2.24) is 0 Å². The van der Waals surface area contributed by atoms with Crippen LogP contribution < -0.4 is 34.7 Å². The Balaban J connectivity index is 0.00000144. The fraction of sp³-hybridized carbons (Fsp3) is 0.444. The molecule has 0 saturated carbocycles. The van der Waals surface area contributed by atoms with Crippen LogP contribution in [-0.4, -0.2) is 17.7 Å². The predicted molar refractivity (Wildman–Crippen MR) is 42.0 cm³/mol. The van der Waals surface area contributed by atoms with Crippen molar-refractivity contribution in [2.45, 2.75) is 12.8 Å². The van der Waals surface area contributed by atoms with E-state index in [2.05, 4.69) is 0 Å². The third-order valence-corrected chi connectivity index (χ3v) is 2.03.